The van der Waals surface area contributed by atoms with Gasteiger partial charge in [-0.2, -0.15) is 5.10 Å². The SMILES string of the molecule is O=C(NCCCCCO)c1cccc(-c2cn[nH]c2)c1. The normalized spacial score (nSPS) is 10.4. The molecule has 0 fully saturated rings. The highest BCUT2D eigenvalue weighted by Crippen LogP contribution is 2.18. The van der Waals surface area contributed by atoms with Crippen LogP contribution in [-0.2, 0) is 0 Å². The molecule has 2 rings (SSSR count). The number of nitrogens with zero attached hydrogens (tertiary/aromatic N) is 1. The maximum atomic E-state index is 12.0. The number of aliphatic hydroxyl groups excluding tert-OH is 1. The van der Waals surface area contributed by atoms with Crippen LogP contribution in [0.25, 0.3) is 11.1 Å². The Labute approximate surface area is 118 Å². The number of aromatic amines is 1. The largest absolute Gasteiger partial charge is 0.396 e. The van der Waals surface area contributed by atoms with E-state index in [4.69, 9.17) is 5.11 Å². The van der Waals surface area contributed by atoms with Gasteiger partial charge in [-0.05, 0) is 37.0 Å². The van der Waals surface area contributed by atoms with E-state index in [9.17, 15) is 4.79 Å². The van der Waals surface area contributed by atoms with Crippen molar-refractivity contribution in [3.63, 3.8) is 0 Å². The van der Waals surface area contributed by atoms with Gasteiger partial charge in [0.05, 0.1) is 6.20 Å². The summed E-state index contributed by atoms with van der Waals surface area (Å²) in [6.45, 7) is 0.843. The molecule has 0 unspecified atom stereocenters. The number of nitrogens with one attached hydrogen (secondary N) is 2. The predicted molar refractivity (Wildman–Crippen MR) is 77.3 cm³/mol. The lowest BCUT2D eigenvalue weighted by Gasteiger charge is -2.06. The molecule has 106 valence electrons. The summed E-state index contributed by atoms with van der Waals surface area (Å²) < 4.78 is 0. The second-order valence-electron chi connectivity index (χ2n) is 4.61. The summed E-state index contributed by atoms with van der Waals surface area (Å²) in [5, 5.41) is 18.2. The lowest BCUT2D eigenvalue weighted by atomic mass is 10.1. The average molecular weight is 273 g/mol. The van der Waals surface area contributed by atoms with E-state index >= 15 is 0 Å². The smallest absolute Gasteiger partial charge is 0.251 e. The fourth-order valence-electron chi connectivity index (χ4n) is 1.97. The van der Waals surface area contributed by atoms with Gasteiger partial charge in [0.1, 0.15) is 0 Å². The van der Waals surface area contributed by atoms with Gasteiger partial charge in [0.25, 0.3) is 5.91 Å². The number of unbranched alkanes of at least 4 members (excludes halogenated alkanes) is 2. The Morgan fingerprint density at radius 1 is 1.25 bits per heavy atom. The standard InChI is InChI=1S/C15H19N3O2/c19-8-3-1-2-7-16-15(20)13-6-4-5-12(9-13)14-10-17-18-11-14/h4-6,9-11,19H,1-3,7-8H2,(H,16,20)(H,17,18). The molecule has 0 aliphatic heterocycles. The molecule has 3 N–H and O–H groups in total. The number of aliphatic hydroxyl groups is 1. The Balaban J connectivity index is 1.92. The van der Waals surface area contributed by atoms with Crippen LogP contribution in [0.15, 0.2) is 36.7 Å². The van der Waals surface area contributed by atoms with Crippen molar-refractivity contribution in [2.45, 2.75) is 19.3 Å². The Bertz CT molecular complexity index is 538. The minimum Gasteiger partial charge on any atom is -0.396 e. The van der Waals surface area contributed by atoms with Gasteiger partial charge >= 0.3 is 0 Å². The number of aromatic nitrogens is 2. The van der Waals surface area contributed by atoms with Crippen LogP contribution in [0, 0.1) is 0 Å². The Morgan fingerprint density at radius 2 is 2.15 bits per heavy atom. The van der Waals surface area contributed by atoms with Gasteiger partial charge in [-0.1, -0.05) is 12.1 Å². The maximum absolute atomic E-state index is 12.0. The van der Waals surface area contributed by atoms with Crippen LogP contribution in [-0.4, -0.2) is 34.4 Å². The second-order valence-corrected chi connectivity index (χ2v) is 4.61. The molecule has 5 nitrogen and oxygen atoms in total. The molecule has 0 saturated carbocycles. The molecule has 1 aromatic heterocycles. The monoisotopic (exact) mass is 273 g/mol. The van der Waals surface area contributed by atoms with E-state index in [0.717, 1.165) is 30.4 Å². The summed E-state index contributed by atoms with van der Waals surface area (Å²) in [5.74, 6) is -0.0701. The summed E-state index contributed by atoms with van der Waals surface area (Å²) in [5.41, 5.74) is 2.57. The third-order valence-electron chi connectivity index (χ3n) is 3.08. The molecule has 0 spiro atoms. The molecular weight excluding hydrogens is 254 g/mol. The third kappa shape index (κ3) is 3.93. The zero-order chi connectivity index (χ0) is 14.2. The highest BCUT2D eigenvalue weighted by molar-refractivity contribution is 5.95. The van der Waals surface area contributed by atoms with E-state index in [2.05, 4.69) is 15.5 Å². The van der Waals surface area contributed by atoms with E-state index in [-0.39, 0.29) is 12.5 Å². The zero-order valence-electron chi connectivity index (χ0n) is 11.3. The van der Waals surface area contributed by atoms with Crippen molar-refractivity contribution in [3.05, 3.63) is 42.2 Å². The number of carbonyl (C=O) groups excluding carboxylic acids is 1. The van der Waals surface area contributed by atoms with E-state index in [1.807, 2.05) is 18.2 Å². The van der Waals surface area contributed by atoms with Crippen molar-refractivity contribution < 1.29 is 9.90 Å². The van der Waals surface area contributed by atoms with Gasteiger partial charge in [0.2, 0.25) is 0 Å². The van der Waals surface area contributed by atoms with Crippen LogP contribution >= 0.6 is 0 Å². The Kier molecular flexibility index (Phi) is 5.32. The molecule has 0 aliphatic rings. The molecule has 0 atom stereocenters. The summed E-state index contributed by atoms with van der Waals surface area (Å²) in [6.07, 6.45) is 6.11. The van der Waals surface area contributed by atoms with Gasteiger partial charge in [-0.3, -0.25) is 9.89 Å². The average Bonchev–Trinajstić information content (AvgIpc) is 3.01. The molecule has 0 saturated heterocycles. The zero-order valence-corrected chi connectivity index (χ0v) is 11.3. The first kappa shape index (κ1) is 14.3. The molecule has 0 aliphatic carbocycles. The molecule has 2 aromatic rings. The highest BCUT2D eigenvalue weighted by atomic mass is 16.2. The lowest BCUT2D eigenvalue weighted by molar-refractivity contribution is 0.0953. The fourth-order valence-corrected chi connectivity index (χ4v) is 1.97. The van der Waals surface area contributed by atoms with Crippen molar-refractivity contribution in [3.8, 4) is 11.1 Å². The van der Waals surface area contributed by atoms with Crippen LogP contribution in [0.5, 0.6) is 0 Å². The molecule has 0 radical (unpaired) electrons. The van der Waals surface area contributed by atoms with Gasteiger partial charge < -0.3 is 10.4 Å². The van der Waals surface area contributed by atoms with Crippen LogP contribution in [0.1, 0.15) is 29.6 Å². The van der Waals surface area contributed by atoms with E-state index in [1.54, 1.807) is 18.5 Å². The van der Waals surface area contributed by atoms with Crippen molar-refractivity contribution in [1.82, 2.24) is 15.5 Å². The number of benzene rings is 1. The van der Waals surface area contributed by atoms with E-state index in [0.29, 0.717) is 12.1 Å². The number of hydrogen-bond donors (Lipinski definition) is 3. The molecule has 1 heterocycles. The first-order chi connectivity index (χ1) is 9.81. The summed E-state index contributed by atoms with van der Waals surface area (Å²) >= 11 is 0. The van der Waals surface area contributed by atoms with Crippen LogP contribution in [0.3, 0.4) is 0 Å². The van der Waals surface area contributed by atoms with Crippen LogP contribution < -0.4 is 5.32 Å². The third-order valence-corrected chi connectivity index (χ3v) is 3.08. The quantitative estimate of drug-likeness (QED) is 0.675. The van der Waals surface area contributed by atoms with Crippen LogP contribution in [0.2, 0.25) is 0 Å². The topological polar surface area (TPSA) is 78.0 Å². The molecule has 0 bridgehead atoms. The number of H-pyrrole nitrogens is 1. The summed E-state index contributed by atoms with van der Waals surface area (Å²) in [6, 6.07) is 7.46. The van der Waals surface area contributed by atoms with Gasteiger partial charge in [-0.15, -0.1) is 0 Å². The summed E-state index contributed by atoms with van der Waals surface area (Å²) in [4.78, 5) is 12.0. The van der Waals surface area contributed by atoms with Crippen LogP contribution in [0.4, 0.5) is 0 Å². The lowest BCUT2D eigenvalue weighted by Crippen LogP contribution is -2.24. The highest BCUT2D eigenvalue weighted by Gasteiger charge is 2.06. The van der Waals surface area contributed by atoms with Gasteiger partial charge in [-0.25, -0.2) is 0 Å². The maximum Gasteiger partial charge on any atom is 0.251 e. The molecule has 1 aromatic carbocycles. The van der Waals surface area contributed by atoms with Gasteiger partial charge in [0.15, 0.2) is 0 Å². The molecular formula is C15H19N3O2. The summed E-state index contributed by atoms with van der Waals surface area (Å²) in [7, 11) is 0. The van der Waals surface area contributed by atoms with Crippen molar-refractivity contribution in [2.75, 3.05) is 13.2 Å². The number of amides is 1. The fraction of sp³-hybridized carbons (Fsp3) is 0.333. The Hall–Kier alpha value is -2.14. The van der Waals surface area contributed by atoms with Gasteiger partial charge in [0, 0.05) is 30.5 Å². The first-order valence-corrected chi connectivity index (χ1v) is 6.79. The van der Waals surface area contributed by atoms with Crippen molar-refractivity contribution >= 4 is 5.91 Å². The second kappa shape index (κ2) is 7.45. The Morgan fingerprint density at radius 3 is 2.90 bits per heavy atom. The number of rotatable bonds is 7. The van der Waals surface area contributed by atoms with Crippen molar-refractivity contribution in [1.29, 1.82) is 0 Å². The first-order valence-electron chi connectivity index (χ1n) is 6.79. The van der Waals surface area contributed by atoms with Crippen molar-refractivity contribution in [2.24, 2.45) is 0 Å². The molecule has 1 amide bonds. The van der Waals surface area contributed by atoms with E-state index < -0.39 is 0 Å². The molecule has 20 heavy (non-hydrogen) atoms. The van der Waals surface area contributed by atoms with E-state index in [1.165, 1.54) is 0 Å². The minimum atomic E-state index is -0.0701. The predicted octanol–water partition coefficient (Wildman–Crippen LogP) is 1.97. The minimum absolute atomic E-state index is 0.0701. The molecule has 5 heteroatoms. The number of hydrogen-bond acceptors (Lipinski definition) is 3. The number of carbonyl (C=O) groups is 1.